The molecule has 3 rings (SSSR count). The van der Waals surface area contributed by atoms with Crippen LogP contribution < -0.4 is 19.9 Å². The van der Waals surface area contributed by atoms with Crippen molar-refractivity contribution in [3.8, 4) is 11.5 Å². The van der Waals surface area contributed by atoms with E-state index in [1.807, 2.05) is 18.2 Å². The van der Waals surface area contributed by atoms with E-state index in [0.717, 1.165) is 37.2 Å². The van der Waals surface area contributed by atoms with Crippen molar-refractivity contribution < 1.29 is 22.7 Å². The van der Waals surface area contributed by atoms with Gasteiger partial charge in [-0.05, 0) is 73.6 Å². The second kappa shape index (κ2) is 10.0. The number of likely N-dealkylation sites (tertiary alicyclic amines) is 1. The monoisotopic (exact) mass is 447 g/mol. The van der Waals surface area contributed by atoms with Crippen LogP contribution in [0, 0.1) is 5.92 Å². The van der Waals surface area contributed by atoms with Crippen molar-refractivity contribution in [2.45, 2.75) is 30.6 Å². The van der Waals surface area contributed by atoms with Crippen LogP contribution in [0.1, 0.15) is 24.8 Å². The summed E-state index contributed by atoms with van der Waals surface area (Å²) in [5, 5.41) is 7.90. The molecule has 2 aromatic carbocycles. The van der Waals surface area contributed by atoms with E-state index < -0.39 is 10.0 Å². The number of hydrogen-bond acceptors (Lipinski definition) is 5. The third kappa shape index (κ3) is 6.35. The largest absolute Gasteiger partial charge is 0.497 e. The van der Waals surface area contributed by atoms with Crippen molar-refractivity contribution >= 4 is 21.7 Å². The van der Waals surface area contributed by atoms with Crippen molar-refractivity contribution in [3.63, 3.8) is 0 Å². The number of carbonyl (C=O) groups is 1. The van der Waals surface area contributed by atoms with Crippen LogP contribution in [0.25, 0.3) is 0 Å². The van der Waals surface area contributed by atoms with E-state index in [2.05, 4.69) is 5.32 Å². The van der Waals surface area contributed by atoms with Crippen molar-refractivity contribution in [1.29, 1.82) is 0 Å². The van der Waals surface area contributed by atoms with Gasteiger partial charge in [0, 0.05) is 24.8 Å². The molecule has 0 aliphatic carbocycles. The van der Waals surface area contributed by atoms with Gasteiger partial charge in [-0.15, -0.1) is 0 Å². The number of piperidine rings is 1. The fourth-order valence-electron chi connectivity index (χ4n) is 3.74. The number of methoxy groups -OCH3 is 2. The molecule has 0 aromatic heterocycles. The molecule has 2 amide bonds. The molecule has 0 spiro atoms. The SMILES string of the molecule is COc1cc(CCC2CCN(C(=O)Nc3ccc(S(N)(=O)=O)cc3)CC2)cc(OC)c1. The standard InChI is InChI=1S/C22H29N3O5S/c1-29-19-13-17(14-20(15-19)30-2)4-3-16-9-11-25(12-10-16)22(26)24-18-5-7-21(8-6-18)31(23,27)28/h5-8,13-16H,3-4,9-12H2,1-2H3,(H,24,26)(H2,23,27,28). The van der Waals surface area contributed by atoms with Crippen LogP contribution in [0.15, 0.2) is 47.4 Å². The summed E-state index contributed by atoms with van der Waals surface area (Å²) in [5.74, 6) is 2.13. The maximum atomic E-state index is 12.5. The zero-order valence-electron chi connectivity index (χ0n) is 17.8. The Morgan fingerprint density at radius 3 is 2.16 bits per heavy atom. The fraction of sp³-hybridized carbons (Fsp3) is 0.409. The van der Waals surface area contributed by atoms with Crippen molar-refractivity contribution in [2.75, 3.05) is 32.6 Å². The van der Waals surface area contributed by atoms with Gasteiger partial charge < -0.3 is 19.7 Å². The van der Waals surface area contributed by atoms with Crippen LogP contribution in [0.2, 0.25) is 0 Å². The van der Waals surface area contributed by atoms with Gasteiger partial charge in [-0.3, -0.25) is 0 Å². The lowest BCUT2D eigenvalue weighted by Crippen LogP contribution is -2.41. The number of ether oxygens (including phenoxy) is 2. The Hall–Kier alpha value is -2.78. The molecule has 1 aliphatic rings. The summed E-state index contributed by atoms with van der Waals surface area (Å²) in [5.41, 5.74) is 1.71. The summed E-state index contributed by atoms with van der Waals surface area (Å²) in [4.78, 5) is 14.3. The molecule has 1 fully saturated rings. The van der Waals surface area contributed by atoms with Gasteiger partial charge in [-0.25, -0.2) is 18.4 Å². The number of rotatable bonds is 7. The first-order valence-corrected chi connectivity index (χ1v) is 11.7. The maximum Gasteiger partial charge on any atom is 0.321 e. The zero-order valence-corrected chi connectivity index (χ0v) is 18.7. The average molecular weight is 448 g/mol. The Morgan fingerprint density at radius 1 is 1.06 bits per heavy atom. The number of nitrogens with zero attached hydrogens (tertiary/aromatic N) is 1. The van der Waals surface area contributed by atoms with Gasteiger partial charge in [0.1, 0.15) is 11.5 Å². The van der Waals surface area contributed by atoms with Gasteiger partial charge in [-0.1, -0.05) is 0 Å². The Kier molecular flexibility index (Phi) is 7.40. The molecule has 9 heteroatoms. The van der Waals surface area contributed by atoms with E-state index in [1.165, 1.54) is 29.8 Å². The number of urea groups is 1. The highest BCUT2D eigenvalue weighted by molar-refractivity contribution is 7.89. The Morgan fingerprint density at radius 2 is 1.65 bits per heavy atom. The quantitative estimate of drug-likeness (QED) is 0.677. The minimum atomic E-state index is -3.75. The molecule has 3 N–H and O–H groups in total. The Bertz CT molecular complexity index is 978. The second-order valence-corrected chi connectivity index (χ2v) is 9.25. The topological polar surface area (TPSA) is 111 Å². The highest BCUT2D eigenvalue weighted by Gasteiger charge is 2.23. The van der Waals surface area contributed by atoms with Gasteiger partial charge in [0.05, 0.1) is 19.1 Å². The second-order valence-electron chi connectivity index (χ2n) is 7.69. The van der Waals surface area contributed by atoms with Crippen LogP contribution in [0.4, 0.5) is 10.5 Å². The summed E-state index contributed by atoms with van der Waals surface area (Å²) in [6.45, 7) is 1.38. The van der Waals surface area contributed by atoms with E-state index in [4.69, 9.17) is 14.6 Å². The Balaban J connectivity index is 1.47. The van der Waals surface area contributed by atoms with Crippen LogP contribution in [-0.4, -0.2) is 46.7 Å². The number of sulfonamides is 1. The predicted octanol–water partition coefficient (Wildman–Crippen LogP) is 3.23. The van der Waals surface area contributed by atoms with E-state index in [-0.39, 0.29) is 10.9 Å². The highest BCUT2D eigenvalue weighted by atomic mass is 32.2. The third-order valence-electron chi connectivity index (χ3n) is 5.59. The molecule has 1 saturated heterocycles. The van der Waals surface area contributed by atoms with Gasteiger partial charge in [0.25, 0.3) is 0 Å². The number of benzene rings is 2. The number of anilines is 1. The first-order chi connectivity index (χ1) is 14.8. The summed E-state index contributed by atoms with van der Waals surface area (Å²) >= 11 is 0. The number of nitrogens with two attached hydrogens (primary N) is 1. The molecule has 0 saturated carbocycles. The molecule has 0 radical (unpaired) electrons. The highest BCUT2D eigenvalue weighted by Crippen LogP contribution is 2.27. The van der Waals surface area contributed by atoms with Crippen LogP contribution in [0.5, 0.6) is 11.5 Å². The third-order valence-corrected chi connectivity index (χ3v) is 6.52. The molecule has 1 aliphatic heterocycles. The fourth-order valence-corrected chi connectivity index (χ4v) is 4.25. The summed E-state index contributed by atoms with van der Waals surface area (Å²) in [7, 11) is -0.452. The van der Waals surface area contributed by atoms with Crippen molar-refractivity contribution in [3.05, 3.63) is 48.0 Å². The molecule has 0 atom stereocenters. The first-order valence-electron chi connectivity index (χ1n) is 10.2. The first kappa shape index (κ1) is 22.9. The molecule has 0 bridgehead atoms. The molecule has 8 nitrogen and oxygen atoms in total. The molecule has 31 heavy (non-hydrogen) atoms. The van der Waals surface area contributed by atoms with Crippen LogP contribution in [0.3, 0.4) is 0 Å². The van der Waals surface area contributed by atoms with Gasteiger partial charge in [0.15, 0.2) is 0 Å². The molecule has 0 unspecified atom stereocenters. The smallest absolute Gasteiger partial charge is 0.321 e. The van der Waals surface area contributed by atoms with E-state index in [9.17, 15) is 13.2 Å². The minimum Gasteiger partial charge on any atom is -0.497 e. The van der Waals surface area contributed by atoms with E-state index in [0.29, 0.717) is 24.7 Å². The minimum absolute atomic E-state index is 0.0139. The number of hydrogen-bond donors (Lipinski definition) is 2. The van der Waals surface area contributed by atoms with E-state index >= 15 is 0 Å². The molecule has 1 heterocycles. The zero-order chi connectivity index (χ0) is 22.4. The number of carbonyl (C=O) groups excluding carboxylic acids is 1. The number of aryl methyl sites for hydroxylation is 1. The van der Waals surface area contributed by atoms with E-state index in [1.54, 1.807) is 19.1 Å². The normalized spacial score (nSPS) is 14.9. The predicted molar refractivity (Wildman–Crippen MR) is 119 cm³/mol. The van der Waals surface area contributed by atoms with Gasteiger partial charge in [-0.2, -0.15) is 0 Å². The molecule has 2 aromatic rings. The van der Waals surface area contributed by atoms with Crippen LogP contribution in [-0.2, 0) is 16.4 Å². The average Bonchev–Trinajstić information content (AvgIpc) is 2.77. The number of amides is 2. The summed E-state index contributed by atoms with van der Waals surface area (Å²) < 4.78 is 33.3. The van der Waals surface area contributed by atoms with Crippen molar-refractivity contribution in [1.82, 2.24) is 4.90 Å². The Labute approximate surface area is 183 Å². The van der Waals surface area contributed by atoms with Crippen LogP contribution >= 0.6 is 0 Å². The maximum absolute atomic E-state index is 12.5. The molecule has 168 valence electrons. The van der Waals surface area contributed by atoms with Crippen molar-refractivity contribution in [2.24, 2.45) is 11.1 Å². The molecular formula is C22H29N3O5S. The molecular weight excluding hydrogens is 418 g/mol. The lowest BCUT2D eigenvalue weighted by molar-refractivity contribution is 0.180. The number of nitrogens with one attached hydrogen (secondary N) is 1. The van der Waals surface area contributed by atoms with Gasteiger partial charge >= 0.3 is 6.03 Å². The lowest BCUT2D eigenvalue weighted by atomic mass is 9.90. The number of primary sulfonamides is 1. The summed E-state index contributed by atoms with van der Waals surface area (Å²) in [6, 6.07) is 11.6. The van der Waals surface area contributed by atoms with Gasteiger partial charge in [0.2, 0.25) is 10.0 Å². The summed E-state index contributed by atoms with van der Waals surface area (Å²) in [6.07, 6.45) is 3.86. The lowest BCUT2D eigenvalue weighted by Gasteiger charge is -2.32.